The lowest BCUT2D eigenvalue weighted by atomic mass is 9.95. The molecule has 7 heteroatoms. The first-order valence-electron chi connectivity index (χ1n) is 7.48. The topological polar surface area (TPSA) is 86.1 Å². The summed E-state index contributed by atoms with van der Waals surface area (Å²) in [6, 6.07) is 0.264. The summed E-state index contributed by atoms with van der Waals surface area (Å²) in [7, 11) is 0. The van der Waals surface area contributed by atoms with Crippen molar-refractivity contribution in [2.75, 3.05) is 6.61 Å². The van der Waals surface area contributed by atoms with E-state index in [2.05, 4.69) is 15.6 Å². The molecule has 1 aromatic heterocycles. The van der Waals surface area contributed by atoms with Crippen molar-refractivity contribution in [3.63, 3.8) is 0 Å². The summed E-state index contributed by atoms with van der Waals surface area (Å²) < 4.78 is 6.33. The van der Waals surface area contributed by atoms with Gasteiger partial charge in [0.25, 0.3) is 0 Å². The van der Waals surface area contributed by atoms with Crippen molar-refractivity contribution in [2.24, 2.45) is 0 Å². The van der Waals surface area contributed by atoms with Crippen LogP contribution in [0.15, 0.2) is 0 Å². The van der Waals surface area contributed by atoms with Gasteiger partial charge in [0.15, 0.2) is 5.69 Å². The van der Waals surface area contributed by atoms with Gasteiger partial charge in [0, 0.05) is 6.04 Å². The summed E-state index contributed by atoms with van der Waals surface area (Å²) in [6.07, 6.45) is 5.66. The van der Waals surface area contributed by atoms with Crippen LogP contribution in [0.25, 0.3) is 0 Å². The molecule has 2 rings (SSSR count). The van der Waals surface area contributed by atoms with Crippen LogP contribution in [-0.4, -0.2) is 39.5 Å². The number of hydrogen-bond donors (Lipinski definition) is 1. The molecule has 0 spiro atoms. The van der Waals surface area contributed by atoms with Crippen LogP contribution in [0.2, 0.25) is 0 Å². The SMILES string of the molecule is CCOC(=O)c1nnn(CC(=O)NC2CCCCC2)c1C. The highest BCUT2D eigenvalue weighted by molar-refractivity contribution is 5.88. The van der Waals surface area contributed by atoms with Crippen LogP contribution in [0.4, 0.5) is 0 Å². The summed E-state index contributed by atoms with van der Waals surface area (Å²) in [4.78, 5) is 23.7. The highest BCUT2D eigenvalue weighted by Gasteiger charge is 2.20. The molecule has 0 aromatic carbocycles. The maximum atomic E-state index is 12.0. The number of hydrogen-bond acceptors (Lipinski definition) is 5. The minimum absolute atomic E-state index is 0.0781. The van der Waals surface area contributed by atoms with E-state index in [-0.39, 0.29) is 30.8 Å². The molecule has 0 unspecified atom stereocenters. The van der Waals surface area contributed by atoms with Crippen molar-refractivity contribution in [3.8, 4) is 0 Å². The Kier molecular flexibility index (Phi) is 5.30. The molecule has 0 saturated heterocycles. The van der Waals surface area contributed by atoms with E-state index in [0.29, 0.717) is 5.69 Å². The summed E-state index contributed by atoms with van der Waals surface area (Å²) in [5.74, 6) is -0.598. The standard InChI is InChI=1S/C14H22N4O3/c1-3-21-14(20)13-10(2)18(17-16-13)9-12(19)15-11-7-5-4-6-8-11/h11H,3-9H2,1-2H3,(H,15,19). The van der Waals surface area contributed by atoms with Crippen LogP contribution in [0.5, 0.6) is 0 Å². The molecular formula is C14H22N4O3. The van der Waals surface area contributed by atoms with E-state index in [1.165, 1.54) is 23.9 Å². The smallest absolute Gasteiger partial charge is 0.360 e. The van der Waals surface area contributed by atoms with E-state index in [9.17, 15) is 9.59 Å². The van der Waals surface area contributed by atoms with Crippen LogP contribution in [0.1, 0.15) is 55.2 Å². The molecule has 1 fully saturated rings. The van der Waals surface area contributed by atoms with E-state index in [1.807, 2.05) is 0 Å². The second-order valence-corrected chi connectivity index (χ2v) is 5.30. The normalized spacial score (nSPS) is 15.7. The highest BCUT2D eigenvalue weighted by Crippen LogP contribution is 2.17. The van der Waals surface area contributed by atoms with E-state index in [0.717, 1.165) is 12.8 Å². The molecule has 1 amide bonds. The Morgan fingerprint density at radius 2 is 2.05 bits per heavy atom. The lowest BCUT2D eigenvalue weighted by Crippen LogP contribution is -2.38. The lowest BCUT2D eigenvalue weighted by molar-refractivity contribution is -0.122. The minimum atomic E-state index is -0.506. The van der Waals surface area contributed by atoms with E-state index >= 15 is 0 Å². The molecule has 7 nitrogen and oxygen atoms in total. The van der Waals surface area contributed by atoms with Crippen molar-refractivity contribution < 1.29 is 14.3 Å². The summed E-state index contributed by atoms with van der Waals surface area (Å²) in [5, 5.41) is 10.7. The molecule has 1 aliphatic rings. The number of carbonyl (C=O) groups is 2. The van der Waals surface area contributed by atoms with Crippen LogP contribution < -0.4 is 5.32 Å². The average molecular weight is 294 g/mol. The van der Waals surface area contributed by atoms with Gasteiger partial charge in [-0.15, -0.1) is 5.10 Å². The lowest BCUT2D eigenvalue weighted by Gasteiger charge is -2.22. The Labute approximate surface area is 124 Å². The molecule has 1 saturated carbocycles. The average Bonchev–Trinajstić information content (AvgIpc) is 2.81. The number of nitrogens with one attached hydrogen (secondary N) is 1. The third kappa shape index (κ3) is 4.03. The fourth-order valence-electron chi connectivity index (χ4n) is 2.55. The van der Waals surface area contributed by atoms with Gasteiger partial charge in [-0.3, -0.25) is 4.79 Å². The predicted molar refractivity (Wildman–Crippen MR) is 75.7 cm³/mol. The maximum absolute atomic E-state index is 12.0. The van der Waals surface area contributed by atoms with E-state index in [1.54, 1.807) is 13.8 Å². The van der Waals surface area contributed by atoms with Gasteiger partial charge in [0.2, 0.25) is 5.91 Å². The molecular weight excluding hydrogens is 272 g/mol. The van der Waals surface area contributed by atoms with Crippen molar-refractivity contribution in [1.29, 1.82) is 0 Å². The first-order valence-corrected chi connectivity index (χ1v) is 7.48. The monoisotopic (exact) mass is 294 g/mol. The van der Waals surface area contributed by atoms with Crippen LogP contribution in [0, 0.1) is 6.92 Å². The number of rotatable bonds is 5. The fraction of sp³-hybridized carbons (Fsp3) is 0.714. The molecule has 116 valence electrons. The van der Waals surface area contributed by atoms with Gasteiger partial charge >= 0.3 is 5.97 Å². The first-order chi connectivity index (χ1) is 10.1. The Morgan fingerprint density at radius 1 is 1.33 bits per heavy atom. The second kappa shape index (κ2) is 7.19. The predicted octanol–water partition coefficient (Wildman–Crippen LogP) is 1.21. The van der Waals surface area contributed by atoms with E-state index < -0.39 is 5.97 Å². The summed E-state index contributed by atoms with van der Waals surface area (Å²) in [5.41, 5.74) is 0.717. The Morgan fingerprint density at radius 3 is 2.71 bits per heavy atom. The molecule has 0 aliphatic heterocycles. The van der Waals surface area contributed by atoms with Gasteiger partial charge in [0.05, 0.1) is 12.3 Å². The van der Waals surface area contributed by atoms with Gasteiger partial charge in [-0.05, 0) is 26.7 Å². The number of aromatic nitrogens is 3. The molecule has 0 bridgehead atoms. The summed E-state index contributed by atoms with van der Waals surface area (Å²) in [6.45, 7) is 3.80. The largest absolute Gasteiger partial charge is 0.461 e. The first kappa shape index (κ1) is 15.5. The van der Waals surface area contributed by atoms with Crippen molar-refractivity contribution >= 4 is 11.9 Å². The third-order valence-corrected chi connectivity index (χ3v) is 3.72. The molecule has 1 heterocycles. The van der Waals surface area contributed by atoms with Crippen LogP contribution >= 0.6 is 0 Å². The molecule has 1 aliphatic carbocycles. The highest BCUT2D eigenvalue weighted by atomic mass is 16.5. The molecule has 21 heavy (non-hydrogen) atoms. The number of carbonyl (C=O) groups excluding carboxylic acids is 2. The van der Waals surface area contributed by atoms with Crippen molar-refractivity contribution in [2.45, 2.75) is 58.5 Å². The summed E-state index contributed by atoms with van der Waals surface area (Å²) >= 11 is 0. The third-order valence-electron chi connectivity index (χ3n) is 3.72. The van der Waals surface area contributed by atoms with Crippen LogP contribution in [0.3, 0.4) is 0 Å². The molecule has 0 atom stereocenters. The minimum Gasteiger partial charge on any atom is -0.461 e. The maximum Gasteiger partial charge on any atom is 0.360 e. The van der Waals surface area contributed by atoms with Gasteiger partial charge in [0.1, 0.15) is 6.54 Å². The zero-order chi connectivity index (χ0) is 15.2. The second-order valence-electron chi connectivity index (χ2n) is 5.30. The molecule has 1 N–H and O–H groups in total. The number of nitrogens with zero attached hydrogens (tertiary/aromatic N) is 3. The Bertz CT molecular complexity index is 506. The number of amides is 1. The molecule has 0 radical (unpaired) electrons. The van der Waals surface area contributed by atoms with Gasteiger partial charge in [-0.2, -0.15) is 0 Å². The Hall–Kier alpha value is -1.92. The Balaban J connectivity index is 1.93. The van der Waals surface area contributed by atoms with Gasteiger partial charge in [-0.25, -0.2) is 9.48 Å². The van der Waals surface area contributed by atoms with Crippen LogP contribution in [-0.2, 0) is 16.1 Å². The van der Waals surface area contributed by atoms with Gasteiger partial charge in [-0.1, -0.05) is 24.5 Å². The van der Waals surface area contributed by atoms with Gasteiger partial charge < -0.3 is 10.1 Å². The molecule has 1 aromatic rings. The van der Waals surface area contributed by atoms with Crippen molar-refractivity contribution in [3.05, 3.63) is 11.4 Å². The zero-order valence-electron chi connectivity index (χ0n) is 12.6. The van der Waals surface area contributed by atoms with Crippen molar-refractivity contribution in [1.82, 2.24) is 20.3 Å². The zero-order valence-corrected chi connectivity index (χ0v) is 12.6. The fourth-order valence-corrected chi connectivity index (χ4v) is 2.55. The number of ether oxygens (including phenoxy) is 1. The number of esters is 1. The van der Waals surface area contributed by atoms with E-state index in [4.69, 9.17) is 4.74 Å². The quantitative estimate of drug-likeness (QED) is 0.825.